The van der Waals surface area contributed by atoms with Gasteiger partial charge < -0.3 is 10.6 Å². The zero-order valence-electron chi connectivity index (χ0n) is 12.6. The first kappa shape index (κ1) is 19.7. The van der Waals surface area contributed by atoms with Crippen LogP contribution in [-0.2, 0) is 6.18 Å². The van der Waals surface area contributed by atoms with Crippen LogP contribution in [0.1, 0.15) is 35.7 Å². The van der Waals surface area contributed by atoms with E-state index in [1.807, 2.05) is 6.92 Å². The van der Waals surface area contributed by atoms with Gasteiger partial charge in [-0.25, -0.2) is 4.39 Å². The highest BCUT2D eigenvalue weighted by atomic mass is 35.5. The van der Waals surface area contributed by atoms with Crippen LogP contribution in [0.25, 0.3) is 0 Å². The van der Waals surface area contributed by atoms with Gasteiger partial charge in [0.1, 0.15) is 5.82 Å². The molecule has 1 saturated heterocycles. The Morgan fingerprint density at radius 1 is 1.30 bits per heavy atom. The Bertz CT molecular complexity index is 557. The molecular formula is C15H19ClF4N2O. The summed E-state index contributed by atoms with van der Waals surface area (Å²) < 4.78 is 51.8. The molecule has 8 heteroatoms. The summed E-state index contributed by atoms with van der Waals surface area (Å²) in [5.41, 5.74) is -2.13. The summed E-state index contributed by atoms with van der Waals surface area (Å²) in [6.07, 6.45) is -3.13. The number of piperidine rings is 1. The molecule has 3 nitrogen and oxygen atoms in total. The Kier molecular flexibility index (Phi) is 6.41. The van der Waals surface area contributed by atoms with Crippen molar-refractivity contribution in [1.29, 1.82) is 0 Å². The summed E-state index contributed by atoms with van der Waals surface area (Å²) in [4.78, 5) is 12.0. The molecule has 0 spiro atoms. The third-order valence-electron chi connectivity index (χ3n) is 4.04. The fourth-order valence-corrected chi connectivity index (χ4v) is 2.52. The Labute approximate surface area is 138 Å². The topological polar surface area (TPSA) is 41.1 Å². The van der Waals surface area contributed by atoms with Crippen molar-refractivity contribution in [3.05, 3.63) is 35.1 Å². The molecule has 0 bridgehead atoms. The number of amides is 1. The number of halogens is 5. The largest absolute Gasteiger partial charge is 0.419 e. The van der Waals surface area contributed by atoms with Crippen molar-refractivity contribution in [3.63, 3.8) is 0 Å². The molecule has 130 valence electrons. The molecule has 1 amide bonds. The molecule has 1 fully saturated rings. The minimum absolute atomic E-state index is 0. The third-order valence-corrected chi connectivity index (χ3v) is 4.04. The van der Waals surface area contributed by atoms with Crippen LogP contribution in [0.4, 0.5) is 17.6 Å². The van der Waals surface area contributed by atoms with Crippen LogP contribution < -0.4 is 10.6 Å². The van der Waals surface area contributed by atoms with Gasteiger partial charge >= 0.3 is 6.18 Å². The zero-order chi connectivity index (χ0) is 16.4. The van der Waals surface area contributed by atoms with Gasteiger partial charge in [0.25, 0.3) is 5.91 Å². The van der Waals surface area contributed by atoms with Crippen molar-refractivity contribution in [2.75, 3.05) is 19.6 Å². The molecule has 0 saturated carbocycles. The van der Waals surface area contributed by atoms with Gasteiger partial charge in [0.15, 0.2) is 0 Å². The van der Waals surface area contributed by atoms with Crippen molar-refractivity contribution >= 4 is 18.3 Å². The molecule has 1 aromatic carbocycles. The maximum atomic E-state index is 13.9. The molecule has 1 aliphatic heterocycles. The molecule has 2 rings (SSSR count). The number of carbonyl (C=O) groups excluding carboxylic acids is 1. The van der Waals surface area contributed by atoms with Crippen molar-refractivity contribution in [3.8, 4) is 0 Å². The molecule has 1 aromatic rings. The van der Waals surface area contributed by atoms with Gasteiger partial charge in [-0.05, 0) is 43.5 Å². The fourth-order valence-electron chi connectivity index (χ4n) is 2.52. The molecule has 2 N–H and O–H groups in total. The van der Waals surface area contributed by atoms with Crippen molar-refractivity contribution in [1.82, 2.24) is 10.6 Å². The van der Waals surface area contributed by atoms with Gasteiger partial charge in [0.05, 0.1) is 11.1 Å². The summed E-state index contributed by atoms with van der Waals surface area (Å²) in [6.45, 7) is 3.95. The van der Waals surface area contributed by atoms with Gasteiger partial charge in [-0.3, -0.25) is 4.79 Å². The Morgan fingerprint density at radius 2 is 1.91 bits per heavy atom. The number of carbonyl (C=O) groups is 1. The average molecular weight is 355 g/mol. The lowest BCUT2D eigenvalue weighted by Crippen LogP contribution is -2.43. The van der Waals surface area contributed by atoms with E-state index in [1.165, 1.54) is 0 Å². The van der Waals surface area contributed by atoms with Crippen LogP contribution in [0.3, 0.4) is 0 Å². The lowest BCUT2D eigenvalue weighted by molar-refractivity contribution is -0.140. The number of hydrogen-bond acceptors (Lipinski definition) is 2. The second kappa shape index (κ2) is 7.49. The second-order valence-corrected chi connectivity index (χ2v) is 5.91. The minimum Gasteiger partial charge on any atom is -0.351 e. The van der Waals surface area contributed by atoms with Crippen molar-refractivity contribution in [2.45, 2.75) is 25.9 Å². The summed E-state index contributed by atoms with van der Waals surface area (Å²) in [7, 11) is 0. The number of alkyl halides is 3. The molecule has 0 aromatic heterocycles. The summed E-state index contributed by atoms with van der Waals surface area (Å²) in [5, 5.41) is 5.75. The molecular weight excluding hydrogens is 336 g/mol. The van der Waals surface area contributed by atoms with E-state index in [2.05, 4.69) is 10.6 Å². The minimum atomic E-state index is -4.82. The predicted octanol–water partition coefficient (Wildman–Crippen LogP) is 3.39. The quantitative estimate of drug-likeness (QED) is 0.817. The molecule has 0 aliphatic carbocycles. The van der Waals surface area contributed by atoms with E-state index in [0.717, 1.165) is 38.1 Å². The number of rotatable bonds is 3. The van der Waals surface area contributed by atoms with Gasteiger partial charge in [0.2, 0.25) is 0 Å². The SMILES string of the molecule is CC1(CNC(=O)c2cccc(C(F)(F)F)c2F)CCNCC1.Cl. The highest BCUT2D eigenvalue weighted by Crippen LogP contribution is 2.32. The third kappa shape index (κ3) is 4.81. The standard InChI is InChI=1S/C15H18F4N2O.ClH/c1-14(5-7-20-8-6-14)9-21-13(22)10-3-2-4-11(12(10)16)15(17,18)19;/h2-4,20H,5-9H2,1H3,(H,21,22);1H. The van der Waals surface area contributed by atoms with Crippen LogP contribution in [-0.4, -0.2) is 25.5 Å². The molecule has 23 heavy (non-hydrogen) atoms. The summed E-state index contributed by atoms with van der Waals surface area (Å²) >= 11 is 0. The van der Waals surface area contributed by atoms with E-state index in [9.17, 15) is 22.4 Å². The first-order chi connectivity index (χ1) is 10.2. The number of benzene rings is 1. The highest BCUT2D eigenvalue weighted by molar-refractivity contribution is 5.94. The molecule has 0 radical (unpaired) electrons. The van der Waals surface area contributed by atoms with Gasteiger partial charge in [-0.1, -0.05) is 13.0 Å². The maximum absolute atomic E-state index is 13.9. The first-order valence-corrected chi connectivity index (χ1v) is 7.08. The lowest BCUT2D eigenvalue weighted by Gasteiger charge is -2.34. The summed E-state index contributed by atoms with van der Waals surface area (Å²) in [5.74, 6) is -2.34. The van der Waals surface area contributed by atoms with Crippen molar-refractivity contribution in [2.24, 2.45) is 5.41 Å². The van der Waals surface area contributed by atoms with E-state index < -0.39 is 29.0 Å². The molecule has 1 aliphatic rings. The maximum Gasteiger partial charge on any atom is 0.419 e. The number of hydrogen-bond donors (Lipinski definition) is 2. The highest BCUT2D eigenvalue weighted by Gasteiger charge is 2.36. The van der Waals surface area contributed by atoms with E-state index in [4.69, 9.17) is 0 Å². The van der Waals surface area contributed by atoms with E-state index in [0.29, 0.717) is 12.6 Å². The van der Waals surface area contributed by atoms with E-state index in [1.54, 1.807) is 0 Å². The van der Waals surface area contributed by atoms with E-state index in [-0.39, 0.29) is 17.8 Å². The fraction of sp³-hybridized carbons (Fsp3) is 0.533. The van der Waals surface area contributed by atoms with Gasteiger partial charge in [-0.15, -0.1) is 12.4 Å². The lowest BCUT2D eigenvalue weighted by atomic mass is 9.81. The van der Waals surface area contributed by atoms with Crippen LogP contribution in [0, 0.1) is 11.2 Å². The van der Waals surface area contributed by atoms with Crippen LogP contribution in [0.2, 0.25) is 0 Å². The van der Waals surface area contributed by atoms with Crippen LogP contribution in [0.5, 0.6) is 0 Å². The van der Waals surface area contributed by atoms with Gasteiger partial charge in [0, 0.05) is 6.54 Å². The normalized spacial score (nSPS) is 17.3. The smallest absolute Gasteiger partial charge is 0.351 e. The Balaban J connectivity index is 0.00000264. The van der Waals surface area contributed by atoms with E-state index >= 15 is 0 Å². The Morgan fingerprint density at radius 3 is 2.48 bits per heavy atom. The average Bonchev–Trinajstić information content (AvgIpc) is 2.45. The van der Waals surface area contributed by atoms with Crippen LogP contribution in [0.15, 0.2) is 18.2 Å². The first-order valence-electron chi connectivity index (χ1n) is 7.08. The summed E-state index contributed by atoms with van der Waals surface area (Å²) in [6, 6.07) is 2.72. The monoisotopic (exact) mass is 354 g/mol. The number of nitrogens with one attached hydrogen (secondary N) is 2. The zero-order valence-corrected chi connectivity index (χ0v) is 13.4. The van der Waals surface area contributed by atoms with Crippen LogP contribution >= 0.6 is 12.4 Å². The molecule has 1 heterocycles. The predicted molar refractivity (Wildman–Crippen MR) is 81.2 cm³/mol. The second-order valence-electron chi connectivity index (χ2n) is 5.91. The Hall–Kier alpha value is -1.34. The molecule has 0 atom stereocenters. The van der Waals surface area contributed by atoms with Gasteiger partial charge in [-0.2, -0.15) is 13.2 Å². The van der Waals surface area contributed by atoms with Crippen molar-refractivity contribution < 1.29 is 22.4 Å². The molecule has 0 unspecified atom stereocenters.